The number of rotatable bonds is 4. The van der Waals surface area contributed by atoms with Crippen molar-refractivity contribution >= 4 is 18.0 Å². The topological polar surface area (TPSA) is 89.4 Å². The Balaban J connectivity index is 2.11. The van der Waals surface area contributed by atoms with Gasteiger partial charge in [-0.2, -0.15) is 0 Å². The molecule has 2 heterocycles. The first-order chi connectivity index (χ1) is 8.69. The van der Waals surface area contributed by atoms with E-state index in [1.165, 1.54) is 12.1 Å². The van der Waals surface area contributed by atoms with E-state index in [1.807, 2.05) is 0 Å². The van der Waals surface area contributed by atoms with E-state index in [4.69, 9.17) is 9.52 Å². The van der Waals surface area contributed by atoms with Crippen LogP contribution in [0.3, 0.4) is 0 Å². The maximum Gasteiger partial charge on any atom is 0.433 e. The molecule has 18 heavy (non-hydrogen) atoms. The van der Waals surface area contributed by atoms with Crippen molar-refractivity contribution in [1.82, 2.24) is 4.98 Å². The Morgan fingerprint density at radius 2 is 2.17 bits per heavy atom. The van der Waals surface area contributed by atoms with Crippen LogP contribution in [0.1, 0.15) is 17.0 Å². The number of aliphatic hydroxyl groups is 1. The van der Waals surface area contributed by atoms with Gasteiger partial charge in [-0.1, -0.05) is 6.07 Å². The van der Waals surface area contributed by atoms with Crippen LogP contribution in [0.5, 0.6) is 0 Å². The second-order valence-electron chi connectivity index (χ2n) is 3.52. The molecule has 6 nitrogen and oxygen atoms in total. The van der Waals surface area contributed by atoms with Crippen LogP contribution in [0.15, 0.2) is 34.9 Å². The first-order valence-corrected chi connectivity index (χ1v) is 5.17. The number of aliphatic hydroxyl groups excluding tert-OH is 1. The summed E-state index contributed by atoms with van der Waals surface area (Å²) in [5.41, 5.74) is 1.40. The van der Waals surface area contributed by atoms with E-state index in [1.54, 1.807) is 30.5 Å². The van der Waals surface area contributed by atoms with Crippen molar-refractivity contribution in [2.45, 2.75) is 6.61 Å². The molecule has 0 atom stereocenters. The van der Waals surface area contributed by atoms with Gasteiger partial charge < -0.3 is 9.52 Å². The third-order valence-corrected chi connectivity index (χ3v) is 2.24. The molecule has 0 amide bonds. The number of hydrogen-bond donors (Lipinski definition) is 1. The molecule has 0 aliphatic heterocycles. The molecule has 6 heteroatoms. The fourth-order valence-electron chi connectivity index (χ4n) is 1.33. The summed E-state index contributed by atoms with van der Waals surface area (Å²) in [6, 6.07) is 6.29. The van der Waals surface area contributed by atoms with E-state index in [0.29, 0.717) is 11.5 Å². The predicted octanol–water partition coefficient (Wildman–Crippen LogP) is 2.25. The number of hydrogen-bond acceptors (Lipinski definition) is 5. The van der Waals surface area contributed by atoms with Crippen LogP contribution in [0.25, 0.3) is 12.2 Å². The van der Waals surface area contributed by atoms with Gasteiger partial charge >= 0.3 is 5.88 Å². The molecule has 92 valence electrons. The molecule has 0 fully saturated rings. The molecule has 0 radical (unpaired) electrons. The SMILES string of the molecule is O=[N+]([O-])c1ccc(/C=C/c2ccc(CO)cn2)o1. The summed E-state index contributed by atoms with van der Waals surface area (Å²) in [6.07, 6.45) is 4.82. The fourth-order valence-corrected chi connectivity index (χ4v) is 1.33. The highest BCUT2D eigenvalue weighted by atomic mass is 16.6. The Labute approximate surface area is 102 Å². The average molecular weight is 246 g/mol. The lowest BCUT2D eigenvalue weighted by atomic mass is 10.2. The summed E-state index contributed by atoms with van der Waals surface area (Å²) >= 11 is 0. The summed E-state index contributed by atoms with van der Waals surface area (Å²) in [5, 5.41) is 19.3. The van der Waals surface area contributed by atoms with Gasteiger partial charge in [0.25, 0.3) is 0 Å². The minimum Gasteiger partial charge on any atom is -0.401 e. The van der Waals surface area contributed by atoms with Crippen LogP contribution in [-0.4, -0.2) is 15.0 Å². The highest BCUT2D eigenvalue weighted by Gasteiger charge is 2.09. The van der Waals surface area contributed by atoms with Gasteiger partial charge in [-0.15, -0.1) is 0 Å². The van der Waals surface area contributed by atoms with E-state index in [2.05, 4.69) is 4.98 Å². The lowest BCUT2D eigenvalue weighted by Gasteiger charge is -1.95. The number of nitrogens with zero attached hydrogens (tertiary/aromatic N) is 2. The minimum atomic E-state index is -0.592. The highest BCUT2D eigenvalue weighted by molar-refractivity contribution is 5.65. The monoisotopic (exact) mass is 246 g/mol. The molecule has 0 saturated heterocycles. The molecule has 1 N–H and O–H groups in total. The second-order valence-corrected chi connectivity index (χ2v) is 3.52. The van der Waals surface area contributed by atoms with Crippen LogP contribution in [0, 0.1) is 10.1 Å². The second kappa shape index (κ2) is 5.24. The molecule has 2 aromatic rings. The molecule has 0 aliphatic carbocycles. The van der Waals surface area contributed by atoms with E-state index in [9.17, 15) is 10.1 Å². The molecule has 0 bridgehead atoms. The summed E-state index contributed by atoms with van der Waals surface area (Å²) in [4.78, 5) is 13.9. The van der Waals surface area contributed by atoms with Crippen molar-refractivity contribution in [3.63, 3.8) is 0 Å². The minimum absolute atomic E-state index is 0.0542. The highest BCUT2D eigenvalue weighted by Crippen LogP contribution is 2.17. The summed E-state index contributed by atoms with van der Waals surface area (Å²) in [5.74, 6) is 0.0907. The third kappa shape index (κ3) is 2.80. The van der Waals surface area contributed by atoms with Gasteiger partial charge in [-0.3, -0.25) is 15.1 Å². The van der Waals surface area contributed by atoms with Crippen LogP contribution in [0.2, 0.25) is 0 Å². The number of pyridine rings is 1. The summed E-state index contributed by atoms with van der Waals surface area (Å²) in [7, 11) is 0. The standard InChI is InChI=1S/C12H10N2O4/c15-8-9-1-2-10(13-7-9)3-4-11-5-6-12(18-11)14(16)17/h1-7,15H,8H2/b4-3+. The van der Waals surface area contributed by atoms with Crippen LogP contribution >= 0.6 is 0 Å². The van der Waals surface area contributed by atoms with Crippen molar-refractivity contribution in [2.75, 3.05) is 0 Å². The van der Waals surface area contributed by atoms with Crippen molar-refractivity contribution < 1.29 is 14.4 Å². The maximum atomic E-state index is 10.4. The van der Waals surface area contributed by atoms with Crippen molar-refractivity contribution in [1.29, 1.82) is 0 Å². The number of furan rings is 1. The van der Waals surface area contributed by atoms with Gasteiger partial charge in [-0.05, 0) is 29.8 Å². The first-order valence-electron chi connectivity index (χ1n) is 5.17. The molecule has 0 spiro atoms. The molecular weight excluding hydrogens is 236 g/mol. The van der Waals surface area contributed by atoms with Gasteiger partial charge in [0, 0.05) is 6.20 Å². The Morgan fingerprint density at radius 1 is 1.33 bits per heavy atom. The Kier molecular flexibility index (Phi) is 3.49. The average Bonchev–Trinajstić information content (AvgIpc) is 2.86. The number of nitro groups is 1. The lowest BCUT2D eigenvalue weighted by Crippen LogP contribution is -1.86. The Morgan fingerprint density at radius 3 is 2.72 bits per heavy atom. The zero-order valence-corrected chi connectivity index (χ0v) is 9.31. The zero-order chi connectivity index (χ0) is 13.0. The van der Waals surface area contributed by atoms with E-state index in [-0.39, 0.29) is 12.5 Å². The molecule has 2 aromatic heterocycles. The van der Waals surface area contributed by atoms with Crippen molar-refractivity contribution in [3.8, 4) is 0 Å². The van der Waals surface area contributed by atoms with E-state index in [0.717, 1.165) is 5.56 Å². The summed E-state index contributed by atoms with van der Waals surface area (Å²) in [6.45, 7) is -0.0542. The lowest BCUT2D eigenvalue weighted by molar-refractivity contribution is -0.402. The van der Waals surface area contributed by atoms with Crippen molar-refractivity contribution in [2.24, 2.45) is 0 Å². The molecule has 0 aromatic carbocycles. The van der Waals surface area contributed by atoms with Gasteiger partial charge in [0.15, 0.2) is 0 Å². The maximum absolute atomic E-state index is 10.4. The van der Waals surface area contributed by atoms with E-state index < -0.39 is 4.92 Å². The number of aromatic nitrogens is 1. The third-order valence-electron chi connectivity index (χ3n) is 2.24. The fraction of sp³-hybridized carbons (Fsp3) is 0.0833. The smallest absolute Gasteiger partial charge is 0.401 e. The van der Waals surface area contributed by atoms with Crippen LogP contribution < -0.4 is 0 Å². The van der Waals surface area contributed by atoms with Crippen molar-refractivity contribution in [3.05, 3.63) is 57.6 Å². The van der Waals surface area contributed by atoms with Crippen LogP contribution in [0.4, 0.5) is 5.88 Å². The molecule has 0 unspecified atom stereocenters. The Bertz CT molecular complexity index is 572. The van der Waals surface area contributed by atoms with Gasteiger partial charge in [0.1, 0.15) is 10.7 Å². The van der Waals surface area contributed by atoms with Gasteiger partial charge in [0.2, 0.25) is 0 Å². The Hall–Kier alpha value is -2.47. The van der Waals surface area contributed by atoms with Crippen LogP contribution in [-0.2, 0) is 6.61 Å². The predicted molar refractivity (Wildman–Crippen MR) is 64.5 cm³/mol. The molecule has 0 aliphatic rings. The quantitative estimate of drug-likeness (QED) is 0.660. The summed E-state index contributed by atoms with van der Waals surface area (Å²) < 4.78 is 4.96. The molecule has 2 rings (SSSR count). The zero-order valence-electron chi connectivity index (χ0n) is 9.31. The normalized spacial score (nSPS) is 10.9. The largest absolute Gasteiger partial charge is 0.433 e. The van der Waals surface area contributed by atoms with Gasteiger partial charge in [0.05, 0.1) is 18.4 Å². The van der Waals surface area contributed by atoms with E-state index >= 15 is 0 Å². The molecular formula is C12H10N2O4. The first kappa shape index (κ1) is 12.0. The van der Waals surface area contributed by atoms with Gasteiger partial charge in [-0.25, -0.2) is 0 Å². The molecule has 0 saturated carbocycles.